The summed E-state index contributed by atoms with van der Waals surface area (Å²) in [5, 5.41) is 0. The van der Waals surface area contributed by atoms with Crippen LogP contribution in [0.2, 0.25) is 0 Å². The number of para-hydroxylation sites is 1. The van der Waals surface area contributed by atoms with Crippen LogP contribution in [0.4, 0.5) is 5.69 Å². The Hall–Kier alpha value is -1.85. The molecule has 1 saturated carbocycles. The molecule has 0 saturated heterocycles. The average Bonchev–Trinajstić information content (AvgIpc) is 2.61. The highest BCUT2D eigenvalue weighted by Gasteiger charge is 2.33. The molecular weight excluding hydrogens is 320 g/mol. The molecule has 0 bridgehead atoms. The van der Waals surface area contributed by atoms with E-state index in [1.54, 1.807) is 28.6 Å². The highest BCUT2D eigenvalue weighted by atomic mass is 32.2. The summed E-state index contributed by atoms with van der Waals surface area (Å²) in [6.45, 7) is 0.391. The van der Waals surface area contributed by atoms with Gasteiger partial charge in [0, 0.05) is 12.6 Å². The van der Waals surface area contributed by atoms with Crippen molar-refractivity contribution in [2.75, 3.05) is 5.73 Å². The molecule has 0 spiro atoms. The van der Waals surface area contributed by atoms with Crippen molar-refractivity contribution in [3.05, 3.63) is 60.2 Å². The molecule has 0 aromatic heterocycles. The van der Waals surface area contributed by atoms with Gasteiger partial charge in [0.15, 0.2) is 0 Å². The van der Waals surface area contributed by atoms with Crippen LogP contribution in [-0.2, 0) is 16.6 Å². The summed E-state index contributed by atoms with van der Waals surface area (Å²) in [5.41, 5.74) is 7.27. The van der Waals surface area contributed by atoms with Gasteiger partial charge in [-0.15, -0.1) is 0 Å². The van der Waals surface area contributed by atoms with Crippen LogP contribution in [0.5, 0.6) is 0 Å². The van der Waals surface area contributed by atoms with Crippen molar-refractivity contribution in [1.82, 2.24) is 4.31 Å². The van der Waals surface area contributed by atoms with Crippen LogP contribution in [0.3, 0.4) is 0 Å². The van der Waals surface area contributed by atoms with Crippen molar-refractivity contribution >= 4 is 15.7 Å². The molecule has 3 rings (SSSR count). The van der Waals surface area contributed by atoms with Crippen molar-refractivity contribution < 1.29 is 8.42 Å². The van der Waals surface area contributed by atoms with Crippen LogP contribution in [0.15, 0.2) is 59.5 Å². The molecule has 0 atom stereocenters. The van der Waals surface area contributed by atoms with Gasteiger partial charge in [0.1, 0.15) is 4.90 Å². The lowest BCUT2D eigenvalue weighted by molar-refractivity contribution is 0.247. The molecule has 128 valence electrons. The number of anilines is 1. The minimum atomic E-state index is -3.62. The second-order valence-electron chi connectivity index (χ2n) is 6.37. The Kier molecular flexibility index (Phi) is 5.21. The molecule has 0 heterocycles. The van der Waals surface area contributed by atoms with E-state index in [0.717, 1.165) is 31.2 Å². The third-order valence-corrected chi connectivity index (χ3v) is 6.64. The van der Waals surface area contributed by atoms with Gasteiger partial charge in [-0.3, -0.25) is 0 Å². The summed E-state index contributed by atoms with van der Waals surface area (Å²) in [7, 11) is -3.62. The summed E-state index contributed by atoms with van der Waals surface area (Å²) in [6.07, 6.45) is 5.17. The number of hydrogen-bond acceptors (Lipinski definition) is 3. The lowest BCUT2D eigenvalue weighted by Gasteiger charge is -2.33. The van der Waals surface area contributed by atoms with Gasteiger partial charge in [-0.25, -0.2) is 8.42 Å². The fourth-order valence-electron chi connectivity index (χ4n) is 3.38. The maximum absolute atomic E-state index is 13.3. The Bertz CT molecular complexity index is 769. The van der Waals surface area contributed by atoms with Gasteiger partial charge in [-0.05, 0) is 30.5 Å². The van der Waals surface area contributed by atoms with E-state index >= 15 is 0 Å². The fourth-order valence-corrected chi connectivity index (χ4v) is 5.18. The average molecular weight is 344 g/mol. The van der Waals surface area contributed by atoms with Crippen LogP contribution in [0.1, 0.15) is 37.7 Å². The molecule has 1 aliphatic rings. The van der Waals surface area contributed by atoms with Crippen LogP contribution < -0.4 is 5.73 Å². The Morgan fingerprint density at radius 3 is 2.21 bits per heavy atom. The van der Waals surface area contributed by atoms with E-state index in [-0.39, 0.29) is 10.9 Å². The Labute approximate surface area is 144 Å². The third kappa shape index (κ3) is 3.62. The number of rotatable bonds is 5. The molecule has 24 heavy (non-hydrogen) atoms. The van der Waals surface area contributed by atoms with Gasteiger partial charge in [0.05, 0.1) is 5.69 Å². The van der Waals surface area contributed by atoms with Crippen molar-refractivity contribution in [3.8, 4) is 0 Å². The molecular formula is C19H24N2O2S. The number of nitrogens with two attached hydrogens (primary N) is 1. The molecule has 0 radical (unpaired) electrons. The first-order valence-corrected chi connectivity index (χ1v) is 9.93. The van der Waals surface area contributed by atoms with Crippen molar-refractivity contribution in [3.63, 3.8) is 0 Å². The molecule has 0 unspecified atom stereocenters. The van der Waals surface area contributed by atoms with Gasteiger partial charge in [0.25, 0.3) is 0 Å². The molecule has 0 amide bonds. The maximum atomic E-state index is 13.3. The van der Waals surface area contributed by atoms with E-state index < -0.39 is 10.0 Å². The Morgan fingerprint density at radius 1 is 0.917 bits per heavy atom. The molecule has 5 heteroatoms. The predicted octanol–water partition coefficient (Wildman–Crippen LogP) is 3.79. The van der Waals surface area contributed by atoms with E-state index in [0.29, 0.717) is 12.2 Å². The van der Waals surface area contributed by atoms with E-state index in [1.807, 2.05) is 30.3 Å². The first-order valence-electron chi connectivity index (χ1n) is 8.49. The van der Waals surface area contributed by atoms with Gasteiger partial charge in [-0.1, -0.05) is 61.7 Å². The zero-order valence-corrected chi connectivity index (χ0v) is 14.6. The fraction of sp³-hybridized carbons (Fsp3) is 0.368. The van der Waals surface area contributed by atoms with E-state index in [4.69, 9.17) is 5.73 Å². The summed E-state index contributed by atoms with van der Waals surface area (Å²) in [5.74, 6) is 0. The summed E-state index contributed by atoms with van der Waals surface area (Å²) in [4.78, 5) is 0.214. The molecule has 1 fully saturated rings. The molecule has 2 N–H and O–H groups in total. The van der Waals surface area contributed by atoms with E-state index in [2.05, 4.69) is 0 Å². The number of nitrogens with zero attached hydrogens (tertiary/aromatic N) is 1. The largest absolute Gasteiger partial charge is 0.398 e. The van der Waals surface area contributed by atoms with Crippen molar-refractivity contribution in [1.29, 1.82) is 0 Å². The number of benzene rings is 2. The van der Waals surface area contributed by atoms with E-state index in [1.165, 1.54) is 6.42 Å². The van der Waals surface area contributed by atoms with Crippen LogP contribution >= 0.6 is 0 Å². The standard InChI is InChI=1S/C19H24N2O2S/c20-18-13-7-8-14-19(18)24(22,23)21(17-11-5-2-6-12-17)15-16-9-3-1-4-10-16/h1,3-4,7-10,13-14,17H,2,5-6,11-12,15,20H2. The smallest absolute Gasteiger partial charge is 0.245 e. The lowest BCUT2D eigenvalue weighted by atomic mass is 9.95. The minimum Gasteiger partial charge on any atom is -0.398 e. The first kappa shape index (κ1) is 17.0. The van der Waals surface area contributed by atoms with Crippen molar-refractivity contribution in [2.24, 2.45) is 0 Å². The second kappa shape index (κ2) is 7.36. The van der Waals surface area contributed by atoms with Crippen LogP contribution in [-0.4, -0.2) is 18.8 Å². The first-order chi connectivity index (χ1) is 11.6. The monoisotopic (exact) mass is 344 g/mol. The quantitative estimate of drug-likeness (QED) is 0.839. The minimum absolute atomic E-state index is 0.0450. The molecule has 2 aromatic carbocycles. The maximum Gasteiger partial charge on any atom is 0.245 e. The summed E-state index contributed by atoms with van der Waals surface area (Å²) in [6, 6.07) is 16.6. The zero-order chi connectivity index (χ0) is 17.0. The molecule has 0 aliphatic heterocycles. The number of hydrogen-bond donors (Lipinski definition) is 1. The molecule has 1 aliphatic carbocycles. The van der Waals surface area contributed by atoms with Crippen LogP contribution in [0.25, 0.3) is 0 Å². The van der Waals surface area contributed by atoms with Gasteiger partial charge < -0.3 is 5.73 Å². The molecule has 2 aromatic rings. The van der Waals surface area contributed by atoms with Gasteiger partial charge in [-0.2, -0.15) is 4.31 Å². The summed E-state index contributed by atoms with van der Waals surface area (Å²) < 4.78 is 28.3. The highest BCUT2D eigenvalue weighted by molar-refractivity contribution is 7.89. The SMILES string of the molecule is Nc1ccccc1S(=O)(=O)N(Cc1ccccc1)C1CCCCC1. The summed E-state index contributed by atoms with van der Waals surface area (Å²) >= 11 is 0. The number of nitrogen functional groups attached to an aromatic ring is 1. The normalized spacial score (nSPS) is 16.4. The Morgan fingerprint density at radius 2 is 1.54 bits per heavy atom. The van der Waals surface area contributed by atoms with Gasteiger partial charge in [0.2, 0.25) is 10.0 Å². The number of sulfonamides is 1. The predicted molar refractivity (Wildman–Crippen MR) is 96.9 cm³/mol. The van der Waals surface area contributed by atoms with E-state index in [9.17, 15) is 8.42 Å². The van der Waals surface area contributed by atoms with Crippen LogP contribution in [0, 0.1) is 0 Å². The zero-order valence-electron chi connectivity index (χ0n) is 13.8. The lowest BCUT2D eigenvalue weighted by Crippen LogP contribution is -2.41. The van der Waals surface area contributed by atoms with Crippen molar-refractivity contribution in [2.45, 2.75) is 49.6 Å². The topological polar surface area (TPSA) is 63.4 Å². The Balaban J connectivity index is 1.98. The highest BCUT2D eigenvalue weighted by Crippen LogP contribution is 2.31. The van der Waals surface area contributed by atoms with Gasteiger partial charge >= 0.3 is 0 Å². The molecule has 4 nitrogen and oxygen atoms in total. The third-order valence-electron chi connectivity index (χ3n) is 4.67. The second-order valence-corrected chi connectivity index (χ2v) is 8.22.